The zero-order chi connectivity index (χ0) is 16.2. The van der Waals surface area contributed by atoms with Crippen LogP contribution >= 0.6 is 11.8 Å². The van der Waals surface area contributed by atoms with E-state index in [9.17, 15) is 0 Å². The van der Waals surface area contributed by atoms with Crippen LogP contribution in [0.5, 0.6) is 0 Å². The first-order valence-electron chi connectivity index (χ1n) is 8.36. The molecule has 23 heavy (non-hydrogen) atoms. The Kier molecular flexibility index (Phi) is 5.07. The van der Waals surface area contributed by atoms with E-state index in [0.717, 1.165) is 22.2 Å². The van der Waals surface area contributed by atoms with Gasteiger partial charge in [0.25, 0.3) is 0 Å². The van der Waals surface area contributed by atoms with Gasteiger partial charge in [-0.2, -0.15) is 5.26 Å². The van der Waals surface area contributed by atoms with Crippen molar-refractivity contribution in [2.75, 3.05) is 0 Å². The minimum Gasteiger partial charge on any atom is -0.320 e. The topological polar surface area (TPSA) is 41.6 Å². The van der Waals surface area contributed by atoms with Gasteiger partial charge in [0.05, 0.1) is 17.3 Å². The molecule has 0 unspecified atom stereocenters. The largest absolute Gasteiger partial charge is 0.320 e. The van der Waals surface area contributed by atoms with E-state index in [1.54, 1.807) is 11.8 Å². The number of rotatable bonds is 4. The Labute approximate surface area is 142 Å². The highest BCUT2D eigenvalue weighted by molar-refractivity contribution is 7.98. The van der Waals surface area contributed by atoms with Crippen molar-refractivity contribution in [2.45, 2.75) is 62.9 Å². The summed E-state index contributed by atoms with van der Waals surface area (Å²) >= 11 is 1.79. The molecule has 0 saturated heterocycles. The molecule has 1 aromatic heterocycles. The second kappa shape index (κ2) is 7.23. The van der Waals surface area contributed by atoms with E-state index in [4.69, 9.17) is 10.2 Å². The first-order chi connectivity index (χ1) is 11.2. The molecule has 1 aliphatic rings. The second-order valence-corrected chi connectivity index (χ2v) is 7.27. The van der Waals surface area contributed by atoms with Gasteiger partial charge in [-0.05, 0) is 44.4 Å². The maximum atomic E-state index is 9.03. The van der Waals surface area contributed by atoms with Crippen LogP contribution in [0.25, 0.3) is 0 Å². The molecule has 0 spiro atoms. The average Bonchev–Trinajstić information content (AvgIpc) is 2.88. The van der Waals surface area contributed by atoms with Crippen molar-refractivity contribution in [3.8, 4) is 6.07 Å². The Bertz CT molecular complexity index is 721. The van der Waals surface area contributed by atoms with Gasteiger partial charge in [0.15, 0.2) is 5.16 Å². The number of nitrogens with zero attached hydrogens (tertiary/aromatic N) is 3. The standard InChI is InChI=1S/C19H23N3S/c1-14-15(2)22(18-9-4-3-5-10-18)19(21-14)23-13-17-8-6-7-16(11-17)12-20/h6-8,11,18H,3-5,9-10,13H2,1-2H3. The van der Waals surface area contributed by atoms with Crippen molar-refractivity contribution >= 4 is 11.8 Å². The maximum absolute atomic E-state index is 9.03. The van der Waals surface area contributed by atoms with Crippen molar-refractivity contribution in [1.29, 1.82) is 5.26 Å². The number of nitriles is 1. The van der Waals surface area contributed by atoms with E-state index in [1.165, 1.54) is 43.4 Å². The van der Waals surface area contributed by atoms with Gasteiger partial charge in [0, 0.05) is 17.5 Å². The minimum absolute atomic E-state index is 0.609. The van der Waals surface area contributed by atoms with E-state index in [2.05, 4.69) is 30.6 Å². The van der Waals surface area contributed by atoms with Gasteiger partial charge in [-0.1, -0.05) is 43.2 Å². The number of aromatic nitrogens is 2. The quantitative estimate of drug-likeness (QED) is 0.728. The highest BCUT2D eigenvalue weighted by atomic mass is 32.2. The van der Waals surface area contributed by atoms with Crippen LogP contribution in [0.4, 0.5) is 0 Å². The molecule has 1 aromatic carbocycles. The van der Waals surface area contributed by atoms with Crippen molar-refractivity contribution in [2.24, 2.45) is 0 Å². The number of imidazole rings is 1. The summed E-state index contributed by atoms with van der Waals surface area (Å²) in [6.07, 6.45) is 6.57. The van der Waals surface area contributed by atoms with Crippen molar-refractivity contribution in [3.63, 3.8) is 0 Å². The number of aryl methyl sites for hydroxylation is 1. The lowest BCUT2D eigenvalue weighted by Gasteiger charge is -2.26. The van der Waals surface area contributed by atoms with Crippen molar-refractivity contribution in [3.05, 3.63) is 46.8 Å². The highest BCUT2D eigenvalue weighted by Gasteiger charge is 2.21. The van der Waals surface area contributed by atoms with E-state index < -0.39 is 0 Å². The van der Waals surface area contributed by atoms with E-state index in [-0.39, 0.29) is 0 Å². The molecule has 1 heterocycles. The zero-order valence-corrected chi connectivity index (χ0v) is 14.7. The molecule has 0 N–H and O–H groups in total. The third-order valence-electron chi connectivity index (χ3n) is 4.72. The molecular weight excluding hydrogens is 302 g/mol. The predicted octanol–water partition coefficient (Wildman–Crippen LogP) is 5.17. The van der Waals surface area contributed by atoms with Crippen LogP contribution in [0.1, 0.15) is 60.7 Å². The fourth-order valence-electron chi connectivity index (χ4n) is 3.35. The molecule has 1 fully saturated rings. The monoisotopic (exact) mass is 325 g/mol. The highest BCUT2D eigenvalue weighted by Crippen LogP contribution is 2.35. The molecular formula is C19H23N3S. The van der Waals surface area contributed by atoms with Gasteiger partial charge in [0.1, 0.15) is 0 Å². The van der Waals surface area contributed by atoms with Gasteiger partial charge < -0.3 is 4.57 Å². The van der Waals surface area contributed by atoms with Crippen LogP contribution in [0.3, 0.4) is 0 Å². The van der Waals surface area contributed by atoms with Crippen LogP contribution in [0.2, 0.25) is 0 Å². The van der Waals surface area contributed by atoms with Crippen LogP contribution in [-0.4, -0.2) is 9.55 Å². The third kappa shape index (κ3) is 3.61. The second-order valence-electron chi connectivity index (χ2n) is 6.33. The Morgan fingerprint density at radius 1 is 1.26 bits per heavy atom. The van der Waals surface area contributed by atoms with Crippen LogP contribution in [0.15, 0.2) is 29.4 Å². The number of hydrogen-bond acceptors (Lipinski definition) is 3. The molecule has 120 valence electrons. The molecule has 2 aromatic rings. The smallest absolute Gasteiger partial charge is 0.169 e. The van der Waals surface area contributed by atoms with Gasteiger partial charge in [-0.3, -0.25) is 0 Å². The van der Waals surface area contributed by atoms with Crippen LogP contribution < -0.4 is 0 Å². The molecule has 1 aliphatic carbocycles. The Morgan fingerprint density at radius 2 is 2.04 bits per heavy atom. The molecule has 0 atom stereocenters. The fourth-order valence-corrected chi connectivity index (χ4v) is 4.45. The molecule has 0 amide bonds. The summed E-state index contributed by atoms with van der Waals surface area (Å²) in [5, 5.41) is 10.2. The minimum atomic E-state index is 0.609. The maximum Gasteiger partial charge on any atom is 0.169 e. The molecule has 0 radical (unpaired) electrons. The molecule has 3 rings (SSSR count). The summed E-state index contributed by atoms with van der Waals surface area (Å²) in [7, 11) is 0. The summed E-state index contributed by atoms with van der Waals surface area (Å²) < 4.78 is 2.47. The molecule has 3 nitrogen and oxygen atoms in total. The molecule has 0 aliphatic heterocycles. The molecule has 4 heteroatoms. The summed E-state index contributed by atoms with van der Waals surface area (Å²) in [5.74, 6) is 0.859. The van der Waals surface area contributed by atoms with Gasteiger partial charge in [-0.25, -0.2) is 4.98 Å². The number of thioether (sulfide) groups is 1. The van der Waals surface area contributed by atoms with Gasteiger partial charge in [-0.15, -0.1) is 0 Å². The van der Waals surface area contributed by atoms with Crippen molar-refractivity contribution < 1.29 is 0 Å². The van der Waals surface area contributed by atoms with Gasteiger partial charge in [0.2, 0.25) is 0 Å². The fraction of sp³-hybridized carbons (Fsp3) is 0.474. The SMILES string of the molecule is Cc1nc(SCc2cccc(C#N)c2)n(C2CCCCC2)c1C. The Hall–Kier alpha value is -1.73. The lowest BCUT2D eigenvalue weighted by Crippen LogP contribution is -2.15. The Morgan fingerprint density at radius 3 is 2.78 bits per heavy atom. The first-order valence-corrected chi connectivity index (χ1v) is 9.35. The summed E-state index contributed by atoms with van der Waals surface area (Å²) in [6, 6.07) is 10.7. The van der Waals surface area contributed by atoms with E-state index >= 15 is 0 Å². The van der Waals surface area contributed by atoms with E-state index in [0.29, 0.717) is 6.04 Å². The van der Waals surface area contributed by atoms with Crippen molar-refractivity contribution in [1.82, 2.24) is 9.55 Å². The normalized spacial score (nSPS) is 15.5. The summed E-state index contributed by atoms with van der Waals surface area (Å²) in [4.78, 5) is 4.80. The van der Waals surface area contributed by atoms with E-state index in [1.807, 2.05) is 18.2 Å². The number of benzene rings is 1. The molecule has 0 bridgehead atoms. The van der Waals surface area contributed by atoms with Crippen LogP contribution in [-0.2, 0) is 5.75 Å². The predicted molar refractivity (Wildman–Crippen MR) is 94.5 cm³/mol. The third-order valence-corrected chi connectivity index (χ3v) is 5.74. The molecule has 1 saturated carbocycles. The van der Waals surface area contributed by atoms with Gasteiger partial charge >= 0.3 is 0 Å². The Balaban J connectivity index is 1.79. The lowest BCUT2D eigenvalue weighted by molar-refractivity contribution is 0.332. The summed E-state index contributed by atoms with van der Waals surface area (Å²) in [6.45, 7) is 4.30. The first kappa shape index (κ1) is 16.1. The zero-order valence-electron chi connectivity index (χ0n) is 13.9. The summed E-state index contributed by atoms with van der Waals surface area (Å²) in [5.41, 5.74) is 4.36. The lowest BCUT2D eigenvalue weighted by atomic mass is 9.95. The average molecular weight is 325 g/mol. The number of hydrogen-bond donors (Lipinski definition) is 0. The van der Waals surface area contributed by atoms with Crippen LogP contribution in [0, 0.1) is 25.2 Å².